The summed E-state index contributed by atoms with van der Waals surface area (Å²) in [6, 6.07) is 9.91. The number of hydrogen-bond donors (Lipinski definition) is 1. The number of amides is 1. The van der Waals surface area contributed by atoms with Gasteiger partial charge in [0.15, 0.2) is 0 Å². The molecule has 5 nitrogen and oxygen atoms in total. The standard InChI is InChI=1S/C18H26N2O3/c1-22-14-18(9-10-19-13-18)17(21)20-11-7-16(8-12-20)23-15-5-3-2-4-6-15/h2-6,16,19H,7-14H2,1H3. The van der Waals surface area contributed by atoms with Crippen LogP contribution in [0.4, 0.5) is 0 Å². The number of hydrogen-bond acceptors (Lipinski definition) is 4. The molecule has 0 radical (unpaired) electrons. The van der Waals surface area contributed by atoms with Crippen LogP contribution in [0.2, 0.25) is 0 Å². The van der Waals surface area contributed by atoms with Gasteiger partial charge >= 0.3 is 0 Å². The number of rotatable bonds is 5. The molecule has 2 aliphatic heterocycles. The Labute approximate surface area is 137 Å². The van der Waals surface area contributed by atoms with Crippen molar-refractivity contribution in [1.29, 1.82) is 0 Å². The van der Waals surface area contributed by atoms with Gasteiger partial charge in [-0.15, -0.1) is 0 Å². The second kappa shape index (κ2) is 7.32. The molecule has 2 saturated heterocycles. The van der Waals surface area contributed by atoms with Gasteiger partial charge in [-0.05, 0) is 25.1 Å². The van der Waals surface area contributed by atoms with Crippen molar-refractivity contribution in [3.05, 3.63) is 30.3 Å². The van der Waals surface area contributed by atoms with Gasteiger partial charge in [-0.3, -0.25) is 4.79 Å². The zero-order chi connectivity index (χ0) is 16.1. The first-order chi connectivity index (χ1) is 11.2. The summed E-state index contributed by atoms with van der Waals surface area (Å²) < 4.78 is 11.3. The lowest BCUT2D eigenvalue weighted by molar-refractivity contribution is -0.146. The second-order valence-electron chi connectivity index (χ2n) is 6.56. The van der Waals surface area contributed by atoms with Gasteiger partial charge < -0.3 is 19.7 Å². The molecule has 2 heterocycles. The van der Waals surface area contributed by atoms with Crippen LogP contribution in [0.1, 0.15) is 19.3 Å². The predicted octanol–water partition coefficient (Wildman–Crippen LogP) is 1.68. The lowest BCUT2D eigenvalue weighted by Crippen LogP contribution is -2.51. The zero-order valence-electron chi connectivity index (χ0n) is 13.8. The Balaban J connectivity index is 1.55. The molecular formula is C18H26N2O3. The molecule has 1 unspecified atom stereocenters. The highest BCUT2D eigenvalue weighted by Gasteiger charge is 2.44. The third-order valence-electron chi connectivity index (χ3n) is 4.89. The van der Waals surface area contributed by atoms with Gasteiger partial charge in [-0.25, -0.2) is 0 Å². The van der Waals surface area contributed by atoms with E-state index in [9.17, 15) is 4.79 Å². The van der Waals surface area contributed by atoms with E-state index in [0.717, 1.165) is 51.2 Å². The smallest absolute Gasteiger partial charge is 0.232 e. The Morgan fingerprint density at radius 3 is 2.65 bits per heavy atom. The van der Waals surface area contributed by atoms with Crippen LogP contribution in [-0.4, -0.2) is 56.8 Å². The summed E-state index contributed by atoms with van der Waals surface area (Å²) in [6.45, 7) is 3.64. The van der Waals surface area contributed by atoms with Crippen LogP contribution in [0.5, 0.6) is 5.75 Å². The van der Waals surface area contributed by atoms with Crippen molar-refractivity contribution in [3.63, 3.8) is 0 Å². The molecule has 126 valence electrons. The molecule has 1 N–H and O–H groups in total. The van der Waals surface area contributed by atoms with Gasteiger partial charge in [0.2, 0.25) is 5.91 Å². The molecule has 1 atom stereocenters. The number of piperidine rings is 1. The Bertz CT molecular complexity index is 506. The molecule has 5 heteroatoms. The Kier molecular flexibility index (Phi) is 5.18. The molecule has 2 fully saturated rings. The molecule has 23 heavy (non-hydrogen) atoms. The predicted molar refractivity (Wildman–Crippen MR) is 88.5 cm³/mol. The summed E-state index contributed by atoms with van der Waals surface area (Å²) in [5.74, 6) is 1.15. The van der Waals surface area contributed by atoms with Gasteiger partial charge in [0.25, 0.3) is 0 Å². The Morgan fingerprint density at radius 1 is 1.30 bits per heavy atom. The minimum atomic E-state index is -0.373. The van der Waals surface area contributed by atoms with Crippen molar-refractivity contribution in [3.8, 4) is 5.75 Å². The first-order valence-electron chi connectivity index (χ1n) is 8.44. The molecule has 0 spiro atoms. The Hall–Kier alpha value is -1.59. The van der Waals surface area contributed by atoms with E-state index >= 15 is 0 Å². The van der Waals surface area contributed by atoms with E-state index in [0.29, 0.717) is 6.61 Å². The highest BCUT2D eigenvalue weighted by atomic mass is 16.5. The summed E-state index contributed by atoms with van der Waals surface area (Å²) >= 11 is 0. The summed E-state index contributed by atoms with van der Waals surface area (Å²) in [4.78, 5) is 14.9. The minimum absolute atomic E-state index is 0.196. The second-order valence-corrected chi connectivity index (χ2v) is 6.56. The fourth-order valence-electron chi connectivity index (χ4n) is 3.59. The largest absolute Gasteiger partial charge is 0.490 e. The lowest BCUT2D eigenvalue weighted by Gasteiger charge is -2.37. The molecular weight excluding hydrogens is 292 g/mol. The fraction of sp³-hybridized carbons (Fsp3) is 0.611. The quantitative estimate of drug-likeness (QED) is 0.897. The van der Waals surface area contributed by atoms with Crippen LogP contribution in [0, 0.1) is 5.41 Å². The molecule has 1 aromatic rings. The number of ether oxygens (including phenoxy) is 2. The van der Waals surface area contributed by atoms with E-state index in [-0.39, 0.29) is 17.4 Å². The van der Waals surface area contributed by atoms with Crippen LogP contribution in [-0.2, 0) is 9.53 Å². The van der Waals surface area contributed by atoms with Gasteiger partial charge in [-0.1, -0.05) is 18.2 Å². The number of para-hydroxylation sites is 1. The third-order valence-corrected chi connectivity index (χ3v) is 4.89. The molecule has 0 aromatic heterocycles. The molecule has 1 amide bonds. The van der Waals surface area contributed by atoms with Crippen molar-refractivity contribution in [2.45, 2.75) is 25.4 Å². The van der Waals surface area contributed by atoms with Crippen LogP contribution >= 0.6 is 0 Å². The summed E-state index contributed by atoms with van der Waals surface area (Å²) in [5.41, 5.74) is -0.373. The maximum atomic E-state index is 12.9. The number of nitrogens with zero attached hydrogens (tertiary/aromatic N) is 1. The average Bonchev–Trinajstić information content (AvgIpc) is 3.06. The van der Waals surface area contributed by atoms with Gasteiger partial charge in [0.05, 0.1) is 12.0 Å². The molecule has 3 rings (SSSR count). The van der Waals surface area contributed by atoms with Crippen LogP contribution < -0.4 is 10.1 Å². The van der Waals surface area contributed by atoms with E-state index in [1.807, 2.05) is 35.2 Å². The topological polar surface area (TPSA) is 50.8 Å². The average molecular weight is 318 g/mol. The summed E-state index contributed by atoms with van der Waals surface area (Å²) in [7, 11) is 1.67. The monoisotopic (exact) mass is 318 g/mol. The number of benzene rings is 1. The van der Waals surface area contributed by atoms with Gasteiger partial charge in [0.1, 0.15) is 11.9 Å². The number of carbonyl (C=O) groups is 1. The number of nitrogens with one attached hydrogen (secondary N) is 1. The van der Waals surface area contributed by atoms with Crippen LogP contribution in [0.15, 0.2) is 30.3 Å². The SMILES string of the molecule is COCC1(C(=O)N2CCC(Oc3ccccc3)CC2)CCNC1. The lowest BCUT2D eigenvalue weighted by atomic mass is 9.85. The van der Waals surface area contributed by atoms with Gasteiger partial charge in [-0.2, -0.15) is 0 Å². The molecule has 0 saturated carbocycles. The molecule has 0 bridgehead atoms. The van der Waals surface area contributed by atoms with Crippen molar-refractivity contribution in [2.75, 3.05) is 39.9 Å². The van der Waals surface area contributed by atoms with E-state index in [1.165, 1.54) is 0 Å². The van der Waals surface area contributed by atoms with Crippen molar-refractivity contribution >= 4 is 5.91 Å². The number of methoxy groups -OCH3 is 1. The molecule has 1 aromatic carbocycles. The van der Waals surface area contributed by atoms with Crippen molar-refractivity contribution in [1.82, 2.24) is 10.2 Å². The van der Waals surface area contributed by atoms with Crippen molar-refractivity contribution < 1.29 is 14.3 Å². The third kappa shape index (κ3) is 3.67. The summed E-state index contributed by atoms with van der Waals surface area (Å²) in [6.07, 6.45) is 2.83. The maximum Gasteiger partial charge on any atom is 0.232 e. The van der Waals surface area contributed by atoms with E-state index < -0.39 is 0 Å². The normalized spacial score (nSPS) is 25.5. The van der Waals surface area contributed by atoms with Crippen LogP contribution in [0.3, 0.4) is 0 Å². The zero-order valence-corrected chi connectivity index (χ0v) is 13.8. The Morgan fingerprint density at radius 2 is 2.04 bits per heavy atom. The first kappa shape index (κ1) is 16.3. The first-order valence-corrected chi connectivity index (χ1v) is 8.44. The fourth-order valence-corrected chi connectivity index (χ4v) is 3.59. The number of likely N-dealkylation sites (tertiary alicyclic amines) is 1. The summed E-state index contributed by atoms with van der Waals surface area (Å²) in [5, 5.41) is 3.31. The minimum Gasteiger partial charge on any atom is -0.490 e. The van der Waals surface area contributed by atoms with Crippen LogP contribution in [0.25, 0.3) is 0 Å². The molecule has 0 aliphatic carbocycles. The van der Waals surface area contributed by atoms with Crippen molar-refractivity contribution in [2.24, 2.45) is 5.41 Å². The highest BCUT2D eigenvalue weighted by Crippen LogP contribution is 2.30. The molecule has 2 aliphatic rings. The highest BCUT2D eigenvalue weighted by molar-refractivity contribution is 5.83. The van der Waals surface area contributed by atoms with E-state index in [2.05, 4.69) is 5.32 Å². The van der Waals surface area contributed by atoms with E-state index in [4.69, 9.17) is 9.47 Å². The van der Waals surface area contributed by atoms with Gasteiger partial charge in [0, 0.05) is 39.6 Å². The number of carbonyl (C=O) groups excluding carboxylic acids is 1. The van der Waals surface area contributed by atoms with E-state index in [1.54, 1.807) is 7.11 Å². The maximum absolute atomic E-state index is 12.9.